The normalized spacial score (nSPS) is 11.4. The Hall–Kier alpha value is -2.86. The standard InChI is InChI=1S/C19H23N3O3/c1-20-12-13-21-19(24)17(14-6-4-3-5-7-14)22-18(23)15-8-10-16(25-2)11-9-15/h3-11,17,20H,12-13H2,1-2H3,(H,21,24)(H,22,23). The van der Waals surface area contributed by atoms with Crippen molar-refractivity contribution < 1.29 is 14.3 Å². The maximum Gasteiger partial charge on any atom is 0.252 e. The number of hydrogen-bond acceptors (Lipinski definition) is 4. The first-order valence-corrected chi connectivity index (χ1v) is 8.08. The molecule has 0 aliphatic carbocycles. The van der Waals surface area contributed by atoms with Crippen LogP contribution in [-0.4, -0.2) is 39.1 Å². The monoisotopic (exact) mass is 341 g/mol. The number of likely N-dealkylation sites (N-methyl/N-ethyl adjacent to an activating group) is 1. The first-order chi connectivity index (χ1) is 12.2. The number of amides is 2. The molecule has 0 bridgehead atoms. The summed E-state index contributed by atoms with van der Waals surface area (Å²) < 4.78 is 5.09. The molecule has 0 heterocycles. The third-order valence-corrected chi connectivity index (χ3v) is 3.70. The number of methoxy groups -OCH3 is 1. The SMILES string of the molecule is CNCCNC(=O)C(NC(=O)c1ccc(OC)cc1)c1ccccc1. The summed E-state index contributed by atoms with van der Waals surface area (Å²) in [5.41, 5.74) is 1.19. The second-order valence-electron chi connectivity index (χ2n) is 5.44. The summed E-state index contributed by atoms with van der Waals surface area (Å²) in [5.74, 6) is 0.101. The molecular weight excluding hydrogens is 318 g/mol. The molecule has 3 N–H and O–H groups in total. The van der Waals surface area contributed by atoms with E-state index in [0.717, 1.165) is 5.56 Å². The van der Waals surface area contributed by atoms with Gasteiger partial charge in [0.1, 0.15) is 11.8 Å². The summed E-state index contributed by atoms with van der Waals surface area (Å²) in [6.07, 6.45) is 0. The van der Waals surface area contributed by atoms with Gasteiger partial charge in [0.05, 0.1) is 7.11 Å². The summed E-state index contributed by atoms with van der Waals surface area (Å²) in [6.45, 7) is 1.14. The Bertz CT molecular complexity index is 687. The molecule has 132 valence electrons. The van der Waals surface area contributed by atoms with E-state index in [1.807, 2.05) is 37.4 Å². The molecule has 0 aliphatic heterocycles. The van der Waals surface area contributed by atoms with Crippen molar-refractivity contribution in [2.75, 3.05) is 27.2 Å². The van der Waals surface area contributed by atoms with Gasteiger partial charge in [0, 0.05) is 18.7 Å². The molecule has 6 heteroatoms. The van der Waals surface area contributed by atoms with Crippen molar-refractivity contribution in [1.82, 2.24) is 16.0 Å². The molecule has 25 heavy (non-hydrogen) atoms. The zero-order chi connectivity index (χ0) is 18.1. The minimum absolute atomic E-state index is 0.247. The van der Waals surface area contributed by atoms with E-state index < -0.39 is 6.04 Å². The Labute approximate surface area is 147 Å². The molecule has 2 amide bonds. The Morgan fingerprint density at radius 1 is 1.00 bits per heavy atom. The van der Waals surface area contributed by atoms with Gasteiger partial charge in [-0.15, -0.1) is 0 Å². The average molecular weight is 341 g/mol. The fourth-order valence-electron chi connectivity index (χ4n) is 2.32. The average Bonchev–Trinajstić information content (AvgIpc) is 2.66. The van der Waals surface area contributed by atoms with E-state index in [-0.39, 0.29) is 11.8 Å². The summed E-state index contributed by atoms with van der Waals surface area (Å²) in [4.78, 5) is 25.0. The van der Waals surface area contributed by atoms with Crippen molar-refractivity contribution in [3.8, 4) is 5.75 Å². The highest BCUT2D eigenvalue weighted by molar-refractivity contribution is 5.98. The van der Waals surface area contributed by atoms with E-state index in [1.165, 1.54) is 0 Å². The van der Waals surface area contributed by atoms with E-state index in [4.69, 9.17) is 4.74 Å². The topological polar surface area (TPSA) is 79.5 Å². The van der Waals surface area contributed by atoms with Crippen LogP contribution in [0, 0.1) is 0 Å². The molecule has 0 aliphatic rings. The van der Waals surface area contributed by atoms with E-state index in [2.05, 4.69) is 16.0 Å². The lowest BCUT2D eigenvalue weighted by Crippen LogP contribution is -2.42. The van der Waals surface area contributed by atoms with Crippen LogP contribution >= 0.6 is 0 Å². The van der Waals surface area contributed by atoms with Gasteiger partial charge in [0.25, 0.3) is 5.91 Å². The number of carbonyl (C=O) groups excluding carboxylic acids is 2. The zero-order valence-corrected chi connectivity index (χ0v) is 14.4. The largest absolute Gasteiger partial charge is 0.497 e. The summed E-state index contributed by atoms with van der Waals surface area (Å²) in [7, 11) is 3.38. The zero-order valence-electron chi connectivity index (χ0n) is 14.4. The molecule has 2 rings (SSSR count). The highest BCUT2D eigenvalue weighted by Gasteiger charge is 2.22. The van der Waals surface area contributed by atoms with E-state index in [0.29, 0.717) is 24.4 Å². The number of ether oxygens (including phenoxy) is 1. The minimum atomic E-state index is -0.757. The van der Waals surface area contributed by atoms with Crippen molar-refractivity contribution in [3.63, 3.8) is 0 Å². The van der Waals surface area contributed by atoms with Crippen molar-refractivity contribution in [1.29, 1.82) is 0 Å². The molecule has 2 aromatic rings. The molecule has 0 radical (unpaired) electrons. The van der Waals surface area contributed by atoms with Gasteiger partial charge in [0.2, 0.25) is 5.91 Å². The number of rotatable bonds is 8. The predicted octanol–water partition coefficient (Wildman–Crippen LogP) is 1.50. The molecule has 6 nitrogen and oxygen atoms in total. The third kappa shape index (κ3) is 5.32. The van der Waals surface area contributed by atoms with Gasteiger partial charge in [-0.25, -0.2) is 0 Å². The minimum Gasteiger partial charge on any atom is -0.497 e. The van der Waals surface area contributed by atoms with Gasteiger partial charge in [-0.05, 0) is 36.9 Å². The van der Waals surface area contributed by atoms with Gasteiger partial charge in [0.15, 0.2) is 0 Å². The van der Waals surface area contributed by atoms with Gasteiger partial charge < -0.3 is 20.7 Å². The summed E-state index contributed by atoms with van der Waals surface area (Å²) in [6, 6.07) is 15.2. The molecule has 0 aromatic heterocycles. The Morgan fingerprint density at radius 2 is 1.68 bits per heavy atom. The van der Waals surface area contributed by atoms with E-state index in [9.17, 15) is 9.59 Å². The second kappa shape index (κ2) is 9.44. The number of nitrogens with one attached hydrogen (secondary N) is 3. The first-order valence-electron chi connectivity index (χ1n) is 8.08. The van der Waals surface area contributed by atoms with E-state index in [1.54, 1.807) is 31.4 Å². The Kier molecular flexibility index (Phi) is 6.98. The van der Waals surface area contributed by atoms with Crippen LogP contribution in [0.4, 0.5) is 0 Å². The highest BCUT2D eigenvalue weighted by atomic mass is 16.5. The lowest BCUT2D eigenvalue weighted by molar-refractivity contribution is -0.123. The van der Waals surface area contributed by atoms with Crippen LogP contribution in [0.1, 0.15) is 22.0 Å². The molecule has 1 atom stereocenters. The lowest BCUT2D eigenvalue weighted by atomic mass is 10.1. The fourth-order valence-corrected chi connectivity index (χ4v) is 2.32. The molecule has 0 spiro atoms. The number of carbonyl (C=O) groups is 2. The third-order valence-electron chi connectivity index (χ3n) is 3.70. The quantitative estimate of drug-likeness (QED) is 0.636. The van der Waals surface area contributed by atoms with Gasteiger partial charge in [-0.2, -0.15) is 0 Å². The highest BCUT2D eigenvalue weighted by Crippen LogP contribution is 2.15. The summed E-state index contributed by atoms with van der Waals surface area (Å²) in [5, 5.41) is 8.59. The van der Waals surface area contributed by atoms with Crippen molar-refractivity contribution in [2.24, 2.45) is 0 Å². The molecule has 0 saturated carbocycles. The Morgan fingerprint density at radius 3 is 2.28 bits per heavy atom. The number of benzene rings is 2. The van der Waals surface area contributed by atoms with E-state index >= 15 is 0 Å². The predicted molar refractivity (Wildman–Crippen MR) is 96.6 cm³/mol. The van der Waals surface area contributed by atoms with Crippen LogP contribution in [0.2, 0.25) is 0 Å². The maximum atomic E-state index is 12.5. The summed E-state index contributed by atoms with van der Waals surface area (Å²) >= 11 is 0. The number of hydrogen-bond donors (Lipinski definition) is 3. The molecule has 0 fully saturated rings. The van der Waals surface area contributed by atoms with Crippen LogP contribution < -0.4 is 20.7 Å². The molecule has 0 saturated heterocycles. The fraction of sp³-hybridized carbons (Fsp3) is 0.263. The smallest absolute Gasteiger partial charge is 0.252 e. The lowest BCUT2D eigenvalue weighted by Gasteiger charge is -2.19. The van der Waals surface area contributed by atoms with Gasteiger partial charge in [-0.3, -0.25) is 9.59 Å². The van der Waals surface area contributed by atoms with Crippen LogP contribution in [-0.2, 0) is 4.79 Å². The van der Waals surface area contributed by atoms with Crippen molar-refractivity contribution in [3.05, 3.63) is 65.7 Å². The van der Waals surface area contributed by atoms with Crippen molar-refractivity contribution >= 4 is 11.8 Å². The first kappa shape index (κ1) is 18.5. The van der Waals surface area contributed by atoms with Crippen molar-refractivity contribution in [2.45, 2.75) is 6.04 Å². The van der Waals surface area contributed by atoms with Crippen LogP contribution in [0.3, 0.4) is 0 Å². The van der Waals surface area contributed by atoms with Crippen LogP contribution in [0.5, 0.6) is 5.75 Å². The Balaban J connectivity index is 2.14. The molecule has 2 aromatic carbocycles. The maximum absolute atomic E-state index is 12.5. The van der Waals surface area contributed by atoms with Gasteiger partial charge >= 0.3 is 0 Å². The van der Waals surface area contributed by atoms with Crippen LogP contribution in [0.25, 0.3) is 0 Å². The molecule has 1 unspecified atom stereocenters. The van der Waals surface area contributed by atoms with Crippen LogP contribution in [0.15, 0.2) is 54.6 Å². The second-order valence-corrected chi connectivity index (χ2v) is 5.44. The molecular formula is C19H23N3O3. The van der Waals surface area contributed by atoms with Gasteiger partial charge in [-0.1, -0.05) is 30.3 Å².